The largest absolute Gasteiger partial charge is 0.470 e. The highest BCUT2D eigenvalue weighted by atomic mass is 19.3. The molecule has 1 amide bonds. The summed E-state index contributed by atoms with van der Waals surface area (Å²) in [7, 11) is 0. The lowest BCUT2D eigenvalue weighted by molar-refractivity contribution is -0.129. The van der Waals surface area contributed by atoms with Crippen molar-refractivity contribution in [3.05, 3.63) is 41.3 Å². The first-order valence-corrected chi connectivity index (χ1v) is 9.17. The van der Waals surface area contributed by atoms with Crippen molar-refractivity contribution in [1.29, 1.82) is 0 Å². The van der Waals surface area contributed by atoms with Crippen molar-refractivity contribution < 1.29 is 18.3 Å². The molecule has 2 N–H and O–H groups in total. The first-order chi connectivity index (χ1) is 14.4. The maximum Gasteiger partial charge on any atom is 0.280 e. The van der Waals surface area contributed by atoms with E-state index in [4.69, 9.17) is 10.6 Å². The molecule has 3 heterocycles. The van der Waals surface area contributed by atoms with Gasteiger partial charge in [-0.1, -0.05) is 0 Å². The van der Waals surface area contributed by atoms with Crippen molar-refractivity contribution in [1.82, 2.24) is 20.1 Å². The molecule has 0 spiro atoms. The van der Waals surface area contributed by atoms with Crippen molar-refractivity contribution in [2.24, 2.45) is 15.9 Å². The zero-order chi connectivity index (χ0) is 21.7. The second-order valence-corrected chi connectivity index (χ2v) is 6.65. The van der Waals surface area contributed by atoms with Crippen LogP contribution in [0.5, 0.6) is 5.88 Å². The number of carbonyl (C=O) groups excluding carboxylic acids is 1. The van der Waals surface area contributed by atoms with Crippen LogP contribution in [-0.4, -0.2) is 50.6 Å². The van der Waals surface area contributed by atoms with Crippen LogP contribution in [0, 0.1) is 0 Å². The number of hydrogen-bond donors (Lipinski definition) is 1. The normalized spacial score (nSPS) is 14.6. The summed E-state index contributed by atoms with van der Waals surface area (Å²) >= 11 is 0. The van der Waals surface area contributed by atoms with Gasteiger partial charge in [0.15, 0.2) is 0 Å². The van der Waals surface area contributed by atoms with E-state index in [1.807, 2.05) is 0 Å². The van der Waals surface area contributed by atoms with Crippen LogP contribution in [0.3, 0.4) is 0 Å². The minimum atomic E-state index is -2.65. The fourth-order valence-electron chi connectivity index (χ4n) is 2.82. The predicted molar refractivity (Wildman–Crippen MR) is 106 cm³/mol. The Morgan fingerprint density at radius 2 is 2.13 bits per heavy atom. The Kier molecular flexibility index (Phi) is 6.60. The standard InChI is InChI=1S/C19H21F2N7O2/c1-11(25-22)17(24-14-3-4-15(19(20)21)23-8-14)10-30-18-7-13-5-6-28(12(2)29)9-16(13)26-27-18/h3-4,7-8,19H,5-6,9-10,22H2,1-2H3/b24-17?,25-11-. The average molecular weight is 417 g/mol. The molecule has 30 heavy (non-hydrogen) atoms. The molecule has 0 fully saturated rings. The molecule has 3 rings (SSSR count). The number of hydrogen-bond acceptors (Lipinski definition) is 8. The molecule has 0 atom stereocenters. The van der Waals surface area contributed by atoms with Crippen LogP contribution in [0.4, 0.5) is 14.5 Å². The van der Waals surface area contributed by atoms with Gasteiger partial charge in [0.1, 0.15) is 18.0 Å². The van der Waals surface area contributed by atoms with Gasteiger partial charge in [-0.05, 0) is 31.0 Å². The fourth-order valence-corrected chi connectivity index (χ4v) is 2.82. The summed E-state index contributed by atoms with van der Waals surface area (Å²) in [6.07, 6.45) is -0.749. The number of pyridine rings is 1. The van der Waals surface area contributed by atoms with Crippen molar-refractivity contribution in [2.45, 2.75) is 33.2 Å². The molecule has 0 aliphatic carbocycles. The maximum atomic E-state index is 12.6. The molecule has 158 valence electrons. The molecular formula is C19H21F2N7O2. The summed E-state index contributed by atoms with van der Waals surface area (Å²) in [6, 6.07) is 4.42. The smallest absolute Gasteiger partial charge is 0.280 e. The lowest BCUT2D eigenvalue weighted by Crippen LogP contribution is -2.35. The van der Waals surface area contributed by atoms with Crippen LogP contribution >= 0.6 is 0 Å². The van der Waals surface area contributed by atoms with Gasteiger partial charge >= 0.3 is 0 Å². The van der Waals surface area contributed by atoms with Crippen molar-refractivity contribution in [3.63, 3.8) is 0 Å². The number of aromatic nitrogens is 3. The van der Waals surface area contributed by atoms with Crippen molar-refractivity contribution >= 4 is 23.0 Å². The van der Waals surface area contributed by atoms with Crippen molar-refractivity contribution in [2.75, 3.05) is 13.2 Å². The Morgan fingerprint density at radius 1 is 1.33 bits per heavy atom. The van der Waals surface area contributed by atoms with Crippen LogP contribution in [0.2, 0.25) is 0 Å². The highest BCUT2D eigenvalue weighted by molar-refractivity contribution is 6.42. The van der Waals surface area contributed by atoms with Gasteiger partial charge in [-0.2, -0.15) is 5.10 Å². The average Bonchev–Trinajstić information content (AvgIpc) is 2.75. The van der Waals surface area contributed by atoms with E-state index >= 15 is 0 Å². The molecule has 0 aromatic carbocycles. The van der Waals surface area contributed by atoms with Crippen LogP contribution in [0.1, 0.15) is 37.2 Å². The monoisotopic (exact) mass is 417 g/mol. The third-order valence-corrected chi connectivity index (χ3v) is 4.60. The van der Waals surface area contributed by atoms with Gasteiger partial charge in [0.05, 0.1) is 29.8 Å². The number of alkyl halides is 2. The van der Waals surface area contributed by atoms with Crippen LogP contribution in [0.15, 0.2) is 34.5 Å². The molecule has 0 bridgehead atoms. The van der Waals surface area contributed by atoms with E-state index in [1.165, 1.54) is 25.3 Å². The number of nitrogens with two attached hydrogens (primary N) is 1. The van der Waals surface area contributed by atoms with Crippen molar-refractivity contribution in [3.8, 4) is 5.88 Å². The molecule has 2 aromatic heterocycles. The number of fused-ring (bicyclic) bond motifs is 1. The van der Waals surface area contributed by atoms with E-state index in [1.54, 1.807) is 17.9 Å². The molecule has 9 nitrogen and oxygen atoms in total. The van der Waals surface area contributed by atoms with Gasteiger partial charge in [-0.15, -0.1) is 10.2 Å². The first kappa shape index (κ1) is 21.2. The second-order valence-electron chi connectivity index (χ2n) is 6.65. The number of ether oxygens (including phenoxy) is 1. The summed E-state index contributed by atoms with van der Waals surface area (Å²) in [4.78, 5) is 21.3. The minimum absolute atomic E-state index is 0.00347. The van der Waals surface area contributed by atoms with E-state index in [-0.39, 0.29) is 18.2 Å². The summed E-state index contributed by atoms with van der Waals surface area (Å²) in [5.74, 6) is 5.66. The van der Waals surface area contributed by atoms with Crippen LogP contribution in [0.25, 0.3) is 0 Å². The fraction of sp³-hybridized carbons (Fsp3) is 0.368. The molecule has 1 aliphatic rings. The van der Waals surface area contributed by atoms with E-state index in [0.717, 1.165) is 11.3 Å². The van der Waals surface area contributed by atoms with Gasteiger partial charge in [0.2, 0.25) is 11.8 Å². The minimum Gasteiger partial charge on any atom is -0.470 e. The third-order valence-electron chi connectivity index (χ3n) is 4.60. The lowest BCUT2D eigenvalue weighted by atomic mass is 10.1. The molecule has 0 unspecified atom stereocenters. The lowest BCUT2D eigenvalue weighted by Gasteiger charge is -2.26. The zero-order valence-corrected chi connectivity index (χ0v) is 16.5. The van der Waals surface area contributed by atoms with Crippen LogP contribution < -0.4 is 10.6 Å². The predicted octanol–water partition coefficient (Wildman–Crippen LogP) is 2.20. The number of rotatable bonds is 6. The molecule has 0 radical (unpaired) electrons. The maximum absolute atomic E-state index is 12.6. The number of carbonyl (C=O) groups is 1. The number of aliphatic imine (C=N–C) groups is 1. The van der Waals surface area contributed by atoms with Gasteiger partial charge in [0, 0.05) is 19.5 Å². The Labute approximate surface area is 171 Å². The number of amides is 1. The molecule has 11 heteroatoms. The second kappa shape index (κ2) is 9.33. The van der Waals surface area contributed by atoms with Gasteiger partial charge in [-0.3, -0.25) is 9.78 Å². The molecule has 0 saturated heterocycles. The summed E-state index contributed by atoms with van der Waals surface area (Å²) in [5, 5.41) is 11.8. The molecule has 1 aliphatic heterocycles. The zero-order valence-electron chi connectivity index (χ0n) is 16.5. The highest BCUT2D eigenvalue weighted by Crippen LogP contribution is 2.21. The SMILES string of the molecule is CC(=O)N1CCc2cc(OCC(=Nc3ccc(C(F)F)nc3)/C(C)=N\N)nnc2C1. The first-order valence-electron chi connectivity index (χ1n) is 9.17. The third kappa shape index (κ3) is 5.10. The van der Waals surface area contributed by atoms with Gasteiger partial charge in [-0.25, -0.2) is 13.8 Å². The van der Waals surface area contributed by atoms with E-state index in [2.05, 4.69) is 25.3 Å². The number of hydrazone groups is 1. The van der Waals surface area contributed by atoms with Gasteiger partial charge in [0.25, 0.3) is 6.43 Å². The molecular weight excluding hydrogens is 396 g/mol. The van der Waals surface area contributed by atoms with Gasteiger partial charge < -0.3 is 15.5 Å². The Hall–Kier alpha value is -3.50. The Balaban J connectivity index is 1.73. The summed E-state index contributed by atoms with van der Waals surface area (Å²) in [5.41, 5.74) is 2.54. The Morgan fingerprint density at radius 3 is 2.77 bits per heavy atom. The molecule has 0 saturated carbocycles. The summed E-state index contributed by atoms with van der Waals surface area (Å²) in [6.45, 7) is 4.20. The van der Waals surface area contributed by atoms with E-state index in [0.29, 0.717) is 42.5 Å². The highest BCUT2D eigenvalue weighted by Gasteiger charge is 2.20. The van der Waals surface area contributed by atoms with Crippen LogP contribution in [-0.2, 0) is 17.8 Å². The number of nitrogens with zero attached hydrogens (tertiary/aromatic N) is 6. The number of halogens is 2. The quantitative estimate of drug-likeness (QED) is 0.437. The summed E-state index contributed by atoms with van der Waals surface area (Å²) < 4.78 is 31.0. The molecule has 2 aromatic rings. The van der Waals surface area contributed by atoms with E-state index < -0.39 is 6.43 Å². The van der Waals surface area contributed by atoms with E-state index in [9.17, 15) is 13.6 Å². The Bertz CT molecular complexity index is 977. The topological polar surface area (TPSA) is 119 Å².